The third-order valence-corrected chi connectivity index (χ3v) is 4.34. The van der Waals surface area contributed by atoms with E-state index in [9.17, 15) is 4.79 Å². The minimum Gasteiger partial charge on any atom is -0.442 e. The maximum Gasteiger partial charge on any atom is 0.274 e. The molecule has 0 radical (unpaired) electrons. The van der Waals surface area contributed by atoms with Gasteiger partial charge in [0.25, 0.3) is 5.91 Å². The molecule has 0 spiro atoms. The Kier molecular flexibility index (Phi) is 3.84. The quantitative estimate of drug-likeness (QED) is 0.856. The number of aromatic nitrogens is 1. The van der Waals surface area contributed by atoms with Crippen molar-refractivity contribution in [1.29, 1.82) is 0 Å². The number of carbonyl (C=O) groups excluding carboxylic acids is 1. The lowest BCUT2D eigenvalue weighted by Gasteiger charge is -2.16. The molecule has 1 aliphatic carbocycles. The number of aliphatic hydroxyl groups excluding tert-OH is 1. The fourth-order valence-electron chi connectivity index (χ4n) is 2.29. The molecular weight excluding hydrogens is 276 g/mol. The molecule has 1 fully saturated rings. The minimum absolute atomic E-state index is 0.0281. The summed E-state index contributed by atoms with van der Waals surface area (Å²) < 4.78 is 5.34. The van der Waals surface area contributed by atoms with Crippen molar-refractivity contribution >= 4 is 17.2 Å². The molecule has 106 valence electrons. The lowest BCUT2D eigenvalue weighted by Crippen LogP contribution is -2.37. The molecule has 20 heavy (non-hydrogen) atoms. The first-order valence-corrected chi connectivity index (χ1v) is 7.56. The fraction of sp³-hybridized carbons (Fsp3) is 0.429. The van der Waals surface area contributed by atoms with Gasteiger partial charge in [-0.15, -0.1) is 11.3 Å². The van der Waals surface area contributed by atoms with E-state index >= 15 is 0 Å². The van der Waals surface area contributed by atoms with E-state index in [2.05, 4.69) is 10.3 Å². The minimum atomic E-state index is -0.229. The summed E-state index contributed by atoms with van der Waals surface area (Å²) >= 11 is 1.51. The number of rotatable bonds is 6. The summed E-state index contributed by atoms with van der Waals surface area (Å²) in [4.78, 5) is 17.2. The number of hydrogen-bond donors (Lipinski definition) is 2. The monoisotopic (exact) mass is 292 g/mol. The van der Waals surface area contributed by atoms with Crippen LogP contribution in [0.4, 0.5) is 0 Å². The Morgan fingerprint density at radius 1 is 1.60 bits per heavy atom. The number of aliphatic hydroxyl groups is 1. The van der Waals surface area contributed by atoms with Gasteiger partial charge in [0.15, 0.2) is 17.8 Å². The van der Waals surface area contributed by atoms with Gasteiger partial charge >= 0.3 is 0 Å². The number of amides is 1. The van der Waals surface area contributed by atoms with E-state index in [1.54, 1.807) is 0 Å². The van der Waals surface area contributed by atoms with Crippen LogP contribution in [0.2, 0.25) is 0 Å². The highest BCUT2D eigenvalue weighted by molar-refractivity contribution is 7.13. The van der Waals surface area contributed by atoms with E-state index < -0.39 is 0 Å². The molecule has 1 saturated carbocycles. The first-order chi connectivity index (χ1) is 9.79. The number of thiophene rings is 1. The number of nitrogens with one attached hydrogen (secondary N) is 1. The summed E-state index contributed by atoms with van der Waals surface area (Å²) in [5.41, 5.74) is 0.316. The maximum atomic E-state index is 12.3. The van der Waals surface area contributed by atoms with Crippen molar-refractivity contribution in [3.05, 3.63) is 29.6 Å². The van der Waals surface area contributed by atoms with E-state index in [1.807, 2.05) is 17.5 Å². The zero-order valence-corrected chi connectivity index (χ0v) is 11.7. The van der Waals surface area contributed by atoms with Gasteiger partial charge < -0.3 is 14.8 Å². The van der Waals surface area contributed by atoms with Crippen molar-refractivity contribution in [1.82, 2.24) is 10.3 Å². The van der Waals surface area contributed by atoms with Gasteiger partial charge in [-0.25, -0.2) is 4.98 Å². The molecule has 1 amide bonds. The average molecular weight is 292 g/mol. The second-order valence-electron chi connectivity index (χ2n) is 4.94. The van der Waals surface area contributed by atoms with Gasteiger partial charge in [-0.2, -0.15) is 0 Å². The Hall–Kier alpha value is -1.66. The molecule has 2 N–H and O–H groups in total. The molecule has 2 aromatic rings. The third-order valence-electron chi connectivity index (χ3n) is 3.48. The van der Waals surface area contributed by atoms with Crippen LogP contribution in [-0.4, -0.2) is 28.6 Å². The zero-order chi connectivity index (χ0) is 13.9. The molecule has 0 bridgehead atoms. The van der Waals surface area contributed by atoms with E-state index in [4.69, 9.17) is 9.52 Å². The van der Waals surface area contributed by atoms with Crippen molar-refractivity contribution in [2.75, 3.05) is 6.61 Å². The lowest BCUT2D eigenvalue weighted by atomic mass is 10.1. The van der Waals surface area contributed by atoms with Crippen molar-refractivity contribution in [3.8, 4) is 10.6 Å². The fourth-order valence-corrected chi connectivity index (χ4v) is 3.00. The summed E-state index contributed by atoms with van der Waals surface area (Å²) in [5.74, 6) is 0.770. The van der Waals surface area contributed by atoms with E-state index in [0.29, 0.717) is 23.8 Å². The van der Waals surface area contributed by atoms with E-state index in [1.165, 1.54) is 17.7 Å². The predicted molar refractivity (Wildman–Crippen MR) is 75.5 cm³/mol. The Labute approximate surface area is 120 Å². The van der Waals surface area contributed by atoms with Crippen LogP contribution in [0.15, 0.2) is 28.3 Å². The van der Waals surface area contributed by atoms with Crippen molar-refractivity contribution in [3.63, 3.8) is 0 Å². The van der Waals surface area contributed by atoms with Crippen molar-refractivity contribution in [2.45, 2.75) is 25.3 Å². The van der Waals surface area contributed by atoms with Crippen LogP contribution in [0.25, 0.3) is 10.6 Å². The van der Waals surface area contributed by atoms with Gasteiger partial charge in [0, 0.05) is 12.6 Å². The highest BCUT2D eigenvalue weighted by atomic mass is 32.1. The van der Waals surface area contributed by atoms with E-state index in [0.717, 1.165) is 17.7 Å². The number of hydrogen-bond acceptors (Lipinski definition) is 5. The van der Waals surface area contributed by atoms with Gasteiger partial charge in [0.2, 0.25) is 0 Å². The number of nitrogens with zero attached hydrogens (tertiary/aromatic N) is 1. The van der Waals surface area contributed by atoms with Gasteiger partial charge in [-0.1, -0.05) is 6.07 Å². The molecule has 2 heterocycles. The molecule has 6 heteroatoms. The first kappa shape index (κ1) is 13.3. The second kappa shape index (κ2) is 5.76. The maximum absolute atomic E-state index is 12.3. The average Bonchev–Trinajstić information content (AvgIpc) is 2.94. The van der Waals surface area contributed by atoms with Crippen molar-refractivity contribution < 1.29 is 14.3 Å². The van der Waals surface area contributed by atoms with Crippen molar-refractivity contribution in [2.24, 2.45) is 5.92 Å². The number of carbonyl (C=O) groups is 1. The Morgan fingerprint density at radius 3 is 3.10 bits per heavy atom. The molecule has 0 aromatic carbocycles. The lowest BCUT2D eigenvalue weighted by molar-refractivity contribution is 0.0920. The Morgan fingerprint density at radius 2 is 2.45 bits per heavy atom. The van der Waals surface area contributed by atoms with Crippen LogP contribution in [0.1, 0.15) is 29.8 Å². The van der Waals surface area contributed by atoms with E-state index in [-0.39, 0.29) is 18.6 Å². The number of oxazole rings is 1. The van der Waals surface area contributed by atoms with Crippen LogP contribution in [0.3, 0.4) is 0 Å². The zero-order valence-electron chi connectivity index (χ0n) is 10.9. The second-order valence-corrected chi connectivity index (χ2v) is 5.88. The summed E-state index contributed by atoms with van der Waals surface area (Å²) in [5, 5.41) is 14.0. The standard InChI is InChI=1S/C14H16N2O3S/c17-6-5-10(9-3-4-9)16-14(18)12-13(19-8-15-12)11-2-1-7-20-11/h1-2,7-10,17H,3-6H2,(H,16,18). The molecule has 3 rings (SSSR count). The summed E-state index contributed by atoms with van der Waals surface area (Å²) in [7, 11) is 0. The molecule has 1 atom stereocenters. The van der Waals surface area contributed by atoms with Gasteiger partial charge in [-0.3, -0.25) is 4.79 Å². The van der Waals surface area contributed by atoms with Crippen LogP contribution in [0, 0.1) is 5.92 Å². The van der Waals surface area contributed by atoms with Crippen LogP contribution < -0.4 is 5.32 Å². The molecule has 5 nitrogen and oxygen atoms in total. The van der Waals surface area contributed by atoms with Gasteiger partial charge in [-0.05, 0) is 36.6 Å². The summed E-state index contributed by atoms with van der Waals surface area (Å²) in [6.07, 6.45) is 4.10. The van der Waals surface area contributed by atoms with Gasteiger partial charge in [0.1, 0.15) is 0 Å². The highest BCUT2D eigenvalue weighted by Gasteiger charge is 2.33. The van der Waals surface area contributed by atoms with Gasteiger partial charge in [0.05, 0.1) is 4.88 Å². The molecule has 1 unspecified atom stereocenters. The normalized spacial score (nSPS) is 16.1. The first-order valence-electron chi connectivity index (χ1n) is 6.68. The van der Waals surface area contributed by atoms with Crippen LogP contribution >= 0.6 is 11.3 Å². The Bertz CT molecular complexity index is 575. The molecule has 0 saturated heterocycles. The Balaban J connectivity index is 1.75. The smallest absolute Gasteiger partial charge is 0.274 e. The molecule has 1 aliphatic rings. The molecule has 0 aliphatic heterocycles. The predicted octanol–water partition coefficient (Wildman–Crippen LogP) is 2.29. The van der Waals surface area contributed by atoms with Crippen LogP contribution in [-0.2, 0) is 0 Å². The third kappa shape index (κ3) is 2.76. The largest absolute Gasteiger partial charge is 0.442 e. The molecular formula is C14H16N2O3S. The molecule has 2 aromatic heterocycles. The highest BCUT2D eigenvalue weighted by Crippen LogP contribution is 2.34. The SMILES string of the molecule is O=C(NC(CCO)C1CC1)c1ncoc1-c1cccs1. The van der Waals surface area contributed by atoms with Crippen LogP contribution in [0.5, 0.6) is 0 Å². The summed E-state index contributed by atoms with van der Waals surface area (Å²) in [6.45, 7) is 0.0814. The summed E-state index contributed by atoms with van der Waals surface area (Å²) in [6, 6.07) is 3.83. The topological polar surface area (TPSA) is 75.4 Å².